The van der Waals surface area contributed by atoms with Gasteiger partial charge in [0.05, 0.1) is 27.8 Å². The Labute approximate surface area is 127 Å². The van der Waals surface area contributed by atoms with Gasteiger partial charge in [-0.2, -0.15) is 0 Å². The zero-order valence-electron chi connectivity index (χ0n) is 11.3. The highest BCUT2D eigenvalue weighted by atomic mass is 35.5. The number of aromatic carboxylic acids is 1. The summed E-state index contributed by atoms with van der Waals surface area (Å²) in [6.07, 6.45) is 1.66. The Morgan fingerprint density at radius 3 is 2.25 bits per heavy atom. The average Bonchev–Trinajstić information content (AvgIpc) is 2.36. The Balaban J connectivity index is 2.81. The maximum absolute atomic E-state index is 11.9. The van der Waals surface area contributed by atoms with Gasteiger partial charge in [0.1, 0.15) is 0 Å². The summed E-state index contributed by atoms with van der Waals surface area (Å²) in [5, 5.41) is 9.26. The van der Waals surface area contributed by atoms with Crippen LogP contribution < -0.4 is 0 Å². The van der Waals surface area contributed by atoms with Gasteiger partial charge in [-0.1, -0.05) is 37.0 Å². The molecule has 0 heterocycles. The number of hydrogen-bond acceptors (Lipinski definition) is 3. The van der Waals surface area contributed by atoms with E-state index in [4.69, 9.17) is 33.0 Å². The molecule has 110 valence electrons. The van der Waals surface area contributed by atoms with Crippen LogP contribution in [-0.2, 0) is 4.74 Å². The Morgan fingerprint density at radius 1 is 1.20 bits per heavy atom. The van der Waals surface area contributed by atoms with Crippen molar-refractivity contribution in [3.05, 3.63) is 33.3 Å². The fourth-order valence-corrected chi connectivity index (χ4v) is 1.95. The fraction of sp³-hybridized carbons (Fsp3) is 0.429. The van der Waals surface area contributed by atoms with E-state index in [2.05, 4.69) is 13.8 Å². The highest BCUT2D eigenvalue weighted by Crippen LogP contribution is 2.26. The lowest BCUT2D eigenvalue weighted by Gasteiger charge is -2.09. The number of benzene rings is 1. The second kappa shape index (κ2) is 7.50. The predicted molar refractivity (Wildman–Crippen MR) is 77.8 cm³/mol. The average molecular weight is 319 g/mol. The molecule has 0 radical (unpaired) electrons. The van der Waals surface area contributed by atoms with Crippen molar-refractivity contribution in [3.63, 3.8) is 0 Å². The van der Waals surface area contributed by atoms with Gasteiger partial charge in [-0.05, 0) is 30.9 Å². The van der Waals surface area contributed by atoms with E-state index >= 15 is 0 Å². The molecule has 0 aliphatic carbocycles. The highest BCUT2D eigenvalue weighted by molar-refractivity contribution is 6.42. The third-order valence-electron chi connectivity index (χ3n) is 2.67. The van der Waals surface area contributed by atoms with Crippen molar-refractivity contribution in [2.75, 3.05) is 6.61 Å². The number of ether oxygens (including phenoxy) is 1. The molecule has 20 heavy (non-hydrogen) atoms. The van der Waals surface area contributed by atoms with Gasteiger partial charge in [-0.15, -0.1) is 0 Å². The molecule has 0 saturated heterocycles. The van der Waals surface area contributed by atoms with Crippen molar-refractivity contribution in [3.8, 4) is 0 Å². The molecule has 1 N–H and O–H groups in total. The Morgan fingerprint density at radius 2 is 1.75 bits per heavy atom. The summed E-state index contributed by atoms with van der Waals surface area (Å²) in [5.74, 6) is -1.43. The molecule has 6 heteroatoms. The topological polar surface area (TPSA) is 63.6 Å². The first-order valence-corrected chi connectivity index (χ1v) is 6.98. The molecule has 0 atom stereocenters. The van der Waals surface area contributed by atoms with E-state index in [9.17, 15) is 9.59 Å². The molecule has 0 aliphatic rings. The summed E-state index contributed by atoms with van der Waals surface area (Å²) in [5.41, 5.74) is -0.301. The van der Waals surface area contributed by atoms with Crippen LogP contribution in [0.4, 0.5) is 0 Å². The normalized spacial score (nSPS) is 10.7. The number of carbonyl (C=O) groups excluding carboxylic acids is 1. The zero-order chi connectivity index (χ0) is 15.3. The molecule has 0 aromatic heterocycles. The molecule has 0 unspecified atom stereocenters. The second-order valence-electron chi connectivity index (χ2n) is 4.79. The van der Waals surface area contributed by atoms with Gasteiger partial charge in [0, 0.05) is 0 Å². The van der Waals surface area contributed by atoms with Crippen LogP contribution in [0.1, 0.15) is 47.4 Å². The summed E-state index contributed by atoms with van der Waals surface area (Å²) >= 11 is 11.6. The van der Waals surface area contributed by atoms with Crippen LogP contribution in [0.2, 0.25) is 10.0 Å². The molecule has 0 saturated carbocycles. The van der Waals surface area contributed by atoms with Gasteiger partial charge in [-0.3, -0.25) is 0 Å². The van der Waals surface area contributed by atoms with Crippen molar-refractivity contribution < 1.29 is 19.4 Å². The van der Waals surface area contributed by atoms with Gasteiger partial charge >= 0.3 is 11.9 Å². The molecule has 0 amide bonds. The van der Waals surface area contributed by atoms with E-state index in [1.165, 1.54) is 6.07 Å². The monoisotopic (exact) mass is 318 g/mol. The van der Waals surface area contributed by atoms with E-state index in [0.717, 1.165) is 18.9 Å². The van der Waals surface area contributed by atoms with Gasteiger partial charge in [-0.25, -0.2) is 9.59 Å². The van der Waals surface area contributed by atoms with E-state index in [-0.39, 0.29) is 27.8 Å². The molecular formula is C14H16Cl2O4. The standard InChI is InChI=1S/C14H16Cl2O4/c1-8(2)4-3-5-20-14(19)10-7-12(16)11(15)6-9(10)13(17)18/h6-8H,3-5H2,1-2H3,(H,17,18). The van der Waals surface area contributed by atoms with Crippen LogP contribution in [0.15, 0.2) is 12.1 Å². The summed E-state index contributed by atoms with van der Waals surface area (Å²) < 4.78 is 5.06. The number of hydrogen-bond donors (Lipinski definition) is 1. The van der Waals surface area contributed by atoms with Crippen molar-refractivity contribution in [1.29, 1.82) is 0 Å². The number of esters is 1. The fourth-order valence-electron chi connectivity index (χ4n) is 1.63. The van der Waals surface area contributed by atoms with E-state index in [0.29, 0.717) is 5.92 Å². The number of halogens is 2. The predicted octanol–water partition coefficient (Wildman–Crippen LogP) is 4.28. The largest absolute Gasteiger partial charge is 0.478 e. The SMILES string of the molecule is CC(C)CCCOC(=O)c1cc(Cl)c(Cl)cc1C(=O)O. The van der Waals surface area contributed by atoms with Crippen LogP contribution >= 0.6 is 23.2 Å². The Hall–Kier alpha value is -1.26. The maximum Gasteiger partial charge on any atom is 0.339 e. The van der Waals surface area contributed by atoms with E-state index in [1.807, 2.05) is 0 Å². The lowest BCUT2D eigenvalue weighted by atomic mass is 10.1. The van der Waals surface area contributed by atoms with Crippen LogP contribution in [0, 0.1) is 5.92 Å². The van der Waals surface area contributed by atoms with Gasteiger partial charge in [0.15, 0.2) is 0 Å². The molecule has 4 nitrogen and oxygen atoms in total. The molecule has 0 bridgehead atoms. The van der Waals surface area contributed by atoms with Crippen molar-refractivity contribution in [2.24, 2.45) is 5.92 Å². The van der Waals surface area contributed by atoms with Crippen LogP contribution in [0.3, 0.4) is 0 Å². The Kier molecular flexibility index (Phi) is 6.30. The van der Waals surface area contributed by atoms with E-state index < -0.39 is 11.9 Å². The first kappa shape index (κ1) is 16.8. The van der Waals surface area contributed by atoms with Crippen molar-refractivity contribution in [1.82, 2.24) is 0 Å². The molecule has 0 spiro atoms. The molecule has 0 aliphatic heterocycles. The molecule has 1 aromatic rings. The van der Waals surface area contributed by atoms with Crippen LogP contribution in [0.25, 0.3) is 0 Å². The minimum absolute atomic E-state index is 0.0837. The van der Waals surface area contributed by atoms with Gasteiger partial charge in [0.2, 0.25) is 0 Å². The Bertz CT molecular complexity index is 512. The summed E-state index contributed by atoms with van der Waals surface area (Å²) in [6.45, 7) is 4.39. The third-order valence-corrected chi connectivity index (χ3v) is 3.39. The van der Waals surface area contributed by atoms with Gasteiger partial charge < -0.3 is 9.84 Å². The number of carboxylic acid groups (broad SMARTS) is 1. The lowest BCUT2D eigenvalue weighted by molar-refractivity contribution is 0.0484. The smallest absolute Gasteiger partial charge is 0.339 e. The van der Waals surface area contributed by atoms with Crippen molar-refractivity contribution >= 4 is 35.1 Å². The molecule has 0 fully saturated rings. The number of rotatable bonds is 6. The second-order valence-corrected chi connectivity index (χ2v) is 5.60. The first-order chi connectivity index (χ1) is 9.32. The summed E-state index contributed by atoms with van der Waals surface area (Å²) in [7, 11) is 0. The van der Waals surface area contributed by atoms with E-state index in [1.54, 1.807) is 0 Å². The summed E-state index contributed by atoms with van der Waals surface area (Å²) in [6, 6.07) is 2.37. The number of carboxylic acids is 1. The molecular weight excluding hydrogens is 303 g/mol. The lowest BCUT2D eigenvalue weighted by Crippen LogP contribution is -2.13. The molecule has 1 rings (SSSR count). The molecule has 1 aromatic carbocycles. The highest BCUT2D eigenvalue weighted by Gasteiger charge is 2.20. The zero-order valence-corrected chi connectivity index (χ0v) is 12.8. The summed E-state index contributed by atoms with van der Waals surface area (Å²) in [4.78, 5) is 23.0. The minimum Gasteiger partial charge on any atom is -0.478 e. The first-order valence-electron chi connectivity index (χ1n) is 6.22. The van der Waals surface area contributed by atoms with Crippen LogP contribution in [0.5, 0.6) is 0 Å². The maximum atomic E-state index is 11.9. The van der Waals surface area contributed by atoms with Crippen LogP contribution in [-0.4, -0.2) is 23.7 Å². The minimum atomic E-state index is -1.25. The van der Waals surface area contributed by atoms with Crippen molar-refractivity contribution in [2.45, 2.75) is 26.7 Å². The van der Waals surface area contributed by atoms with Gasteiger partial charge in [0.25, 0.3) is 0 Å². The number of carbonyl (C=O) groups is 2. The quantitative estimate of drug-likeness (QED) is 0.628. The third kappa shape index (κ3) is 4.69.